The maximum absolute atomic E-state index is 9.52. The average molecular weight is 215 g/mol. The van der Waals surface area contributed by atoms with E-state index in [2.05, 4.69) is 10.9 Å². The summed E-state index contributed by atoms with van der Waals surface area (Å²) >= 11 is 0. The molecule has 1 atom stereocenters. The van der Waals surface area contributed by atoms with Crippen LogP contribution in [0.25, 0.3) is 0 Å². The second-order valence-corrected chi connectivity index (χ2v) is 3.46. The van der Waals surface area contributed by atoms with Crippen LogP contribution in [0.2, 0.25) is 0 Å². The Kier molecular flexibility index (Phi) is 3.03. The van der Waals surface area contributed by atoms with Crippen LogP contribution in [0.5, 0.6) is 5.75 Å². The lowest BCUT2D eigenvalue weighted by Gasteiger charge is -2.18. The number of allylic oxidation sites excluding steroid dienone is 2. The van der Waals surface area contributed by atoms with Gasteiger partial charge < -0.3 is 15.9 Å². The molecule has 0 spiro atoms. The predicted octanol–water partition coefficient (Wildman–Crippen LogP) is 1.82. The Hall–Kier alpha value is -2.07. The molecule has 0 aliphatic heterocycles. The molecule has 0 heterocycles. The van der Waals surface area contributed by atoms with Gasteiger partial charge in [0.2, 0.25) is 0 Å². The van der Waals surface area contributed by atoms with Crippen molar-refractivity contribution < 1.29 is 5.11 Å². The average Bonchev–Trinajstić information content (AvgIpc) is 2.30. The first-order valence-electron chi connectivity index (χ1n) is 5.00. The molecule has 4 nitrogen and oxygen atoms in total. The Morgan fingerprint density at radius 1 is 1.19 bits per heavy atom. The van der Waals surface area contributed by atoms with Crippen molar-refractivity contribution in [2.45, 2.75) is 6.04 Å². The van der Waals surface area contributed by atoms with Gasteiger partial charge in [0.1, 0.15) is 5.75 Å². The van der Waals surface area contributed by atoms with Crippen LogP contribution >= 0.6 is 0 Å². The van der Waals surface area contributed by atoms with E-state index in [0.29, 0.717) is 11.4 Å². The highest BCUT2D eigenvalue weighted by atomic mass is 16.3. The molecule has 1 aromatic rings. The number of hydrazine groups is 1. The summed E-state index contributed by atoms with van der Waals surface area (Å²) in [5, 5.41) is 17.2. The first-order valence-corrected chi connectivity index (χ1v) is 5.00. The number of para-hydroxylation sites is 2. The Labute approximate surface area is 93.8 Å². The molecule has 1 unspecified atom stereocenters. The van der Waals surface area contributed by atoms with Crippen molar-refractivity contribution in [2.75, 3.05) is 5.43 Å². The Balaban J connectivity index is 1.98. The Bertz CT molecular complexity index is 451. The molecule has 2 rings (SSSR count). The van der Waals surface area contributed by atoms with E-state index in [4.69, 9.17) is 5.41 Å². The van der Waals surface area contributed by atoms with E-state index in [1.165, 1.54) is 0 Å². The van der Waals surface area contributed by atoms with Crippen LogP contribution in [0.1, 0.15) is 0 Å². The van der Waals surface area contributed by atoms with E-state index in [0.717, 1.165) is 0 Å². The highest BCUT2D eigenvalue weighted by Crippen LogP contribution is 2.20. The van der Waals surface area contributed by atoms with Gasteiger partial charge in [0.05, 0.1) is 17.4 Å². The fourth-order valence-corrected chi connectivity index (χ4v) is 1.40. The summed E-state index contributed by atoms with van der Waals surface area (Å²) in [5.74, 6) is 0.178. The highest BCUT2D eigenvalue weighted by molar-refractivity contribution is 5.99. The maximum atomic E-state index is 9.52. The molecular formula is C12H13N3O. The summed E-state index contributed by atoms with van der Waals surface area (Å²) in [7, 11) is 0. The molecule has 1 aliphatic carbocycles. The Morgan fingerprint density at radius 2 is 2.00 bits per heavy atom. The van der Waals surface area contributed by atoms with Crippen LogP contribution in [0.3, 0.4) is 0 Å². The normalized spacial score (nSPS) is 18.8. The number of anilines is 1. The van der Waals surface area contributed by atoms with Gasteiger partial charge in [-0.3, -0.25) is 0 Å². The highest BCUT2D eigenvalue weighted by Gasteiger charge is 2.10. The lowest BCUT2D eigenvalue weighted by atomic mass is 10.1. The van der Waals surface area contributed by atoms with Gasteiger partial charge in [-0.1, -0.05) is 30.4 Å². The molecular weight excluding hydrogens is 202 g/mol. The minimum atomic E-state index is -0.176. The van der Waals surface area contributed by atoms with E-state index >= 15 is 0 Å². The summed E-state index contributed by atoms with van der Waals surface area (Å²) in [6.45, 7) is 0. The summed E-state index contributed by atoms with van der Waals surface area (Å²) < 4.78 is 0. The molecule has 4 N–H and O–H groups in total. The third-order valence-electron chi connectivity index (χ3n) is 2.29. The largest absolute Gasteiger partial charge is 0.506 e. The summed E-state index contributed by atoms with van der Waals surface area (Å²) in [5.41, 5.74) is 6.92. The second kappa shape index (κ2) is 4.63. The summed E-state index contributed by atoms with van der Waals surface area (Å²) in [6.07, 6.45) is 7.29. The minimum absolute atomic E-state index is 0.176. The number of hydrogen-bond donors (Lipinski definition) is 4. The van der Waals surface area contributed by atoms with Gasteiger partial charge in [-0.15, -0.1) is 0 Å². The second-order valence-electron chi connectivity index (χ2n) is 3.46. The first-order chi connectivity index (χ1) is 7.77. The van der Waals surface area contributed by atoms with E-state index in [-0.39, 0.29) is 11.8 Å². The molecule has 16 heavy (non-hydrogen) atoms. The van der Waals surface area contributed by atoms with Crippen LogP contribution in [0.4, 0.5) is 5.69 Å². The third kappa shape index (κ3) is 2.29. The van der Waals surface area contributed by atoms with Gasteiger partial charge in [0, 0.05) is 0 Å². The van der Waals surface area contributed by atoms with Gasteiger partial charge in [-0.2, -0.15) is 0 Å². The lowest BCUT2D eigenvalue weighted by Crippen LogP contribution is -2.38. The van der Waals surface area contributed by atoms with E-state index < -0.39 is 0 Å². The van der Waals surface area contributed by atoms with Gasteiger partial charge in [-0.25, -0.2) is 5.43 Å². The molecule has 0 amide bonds. The van der Waals surface area contributed by atoms with Crippen molar-refractivity contribution in [3.05, 3.63) is 48.6 Å². The quantitative estimate of drug-likeness (QED) is 0.459. The fraction of sp³-hybridized carbons (Fsp3) is 0.0833. The molecule has 0 saturated heterocycles. The number of rotatable bonds is 3. The molecule has 82 valence electrons. The van der Waals surface area contributed by atoms with Crippen molar-refractivity contribution in [3.63, 3.8) is 0 Å². The van der Waals surface area contributed by atoms with Crippen LogP contribution in [-0.2, 0) is 0 Å². The molecule has 0 saturated carbocycles. The van der Waals surface area contributed by atoms with Crippen molar-refractivity contribution in [1.82, 2.24) is 5.43 Å². The zero-order valence-corrected chi connectivity index (χ0v) is 8.64. The van der Waals surface area contributed by atoms with E-state index in [1.54, 1.807) is 24.3 Å². The van der Waals surface area contributed by atoms with Crippen LogP contribution in [0.15, 0.2) is 48.6 Å². The first kappa shape index (κ1) is 10.4. The molecule has 4 heteroatoms. The molecule has 0 radical (unpaired) electrons. The topological polar surface area (TPSA) is 68.1 Å². The van der Waals surface area contributed by atoms with Crippen LogP contribution < -0.4 is 10.9 Å². The SMILES string of the molecule is N=C1C=CC=CC1NNc1ccccc1O. The lowest BCUT2D eigenvalue weighted by molar-refractivity contribution is 0.476. The smallest absolute Gasteiger partial charge is 0.139 e. The minimum Gasteiger partial charge on any atom is -0.506 e. The standard InChI is InChI=1S/C12H13N3O/c13-9-5-1-2-6-10(9)14-15-11-7-3-4-8-12(11)16/h1-8,10,13-16H. The third-order valence-corrected chi connectivity index (χ3v) is 2.29. The molecule has 1 aliphatic rings. The number of nitrogens with one attached hydrogen (secondary N) is 3. The molecule has 1 aromatic carbocycles. The molecule has 0 aromatic heterocycles. The van der Waals surface area contributed by atoms with Crippen molar-refractivity contribution in [1.29, 1.82) is 5.41 Å². The number of aromatic hydroxyl groups is 1. The summed E-state index contributed by atoms with van der Waals surface area (Å²) in [4.78, 5) is 0. The number of phenolic OH excluding ortho intramolecular Hbond substituents is 1. The van der Waals surface area contributed by atoms with Crippen molar-refractivity contribution >= 4 is 11.4 Å². The van der Waals surface area contributed by atoms with Gasteiger partial charge >= 0.3 is 0 Å². The number of hydrogen-bond acceptors (Lipinski definition) is 4. The Morgan fingerprint density at radius 3 is 2.75 bits per heavy atom. The molecule has 0 bridgehead atoms. The van der Waals surface area contributed by atoms with E-state index in [1.807, 2.05) is 24.3 Å². The van der Waals surface area contributed by atoms with Gasteiger partial charge in [0.15, 0.2) is 0 Å². The van der Waals surface area contributed by atoms with Gasteiger partial charge in [0.25, 0.3) is 0 Å². The zero-order chi connectivity index (χ0) is 11.4. The zero-order valence-electron chi connectivity index (χ0n) is 8.64. The van der Waals surface area contributed by atoms with Gasteiger partial charge in [-0.05, 0) is 18.2 Å². The summed E-state index contributed by atoms with van der Waals surface area (Å²) in [6, 6.07) is 6.77. The molecule has 0 fully saturated rings. The fourth-order valence-electron chi connectivity index (χ4n) is 1.40. The predicted molar refractivity (Wildman–Crippen MR) is 64.7 cm³/mol. The van der Waals surface area contributed by atoms with Crippen molar-refractivity contribution in [3.8, 4) is 5.75 Å². The van der Waals surface area contributed by atoms with E-state index in [9.17, 15) is 5.11 Å². The van der Waals surface area contributed by atoms with Crippen LogP contribution in [0, 0.1) is 5.41 Å². The number of benzene rings is 1. The van der Waals surface area contributed by atoms with Crippen molar-refractivity contribution in [2.24, 2.45) is 0 Å². The monoisotopic (exact) mass is 215 g/mol. The van der Waals surface area contributed by atoms with Crippen LogP contribution in [-0.4, -0.2) is 16.9 Å². The number of phenols is 1. The maximum Gasteiger partial charge on any atom is 0.139 e.